The Morgan fingerprint density at radius 3 is 1.85 bits per heavy atom. The molecule has 0 unspecified atom stereocenters. The van der Waals surface area contributed by atoms with Crippen molar-refractivity contribution < 1.29 is 9.15 Å². The lowest BCUT2D eigenvalue weighted by molar-refractivity contribution is 0.436. The van der Waals surface area contributed by atoms with Crippen LogP contribution >= 0.6 is 0 Å². The van der Waals surface area contributed by atoms with Gasteiger partial charge in [0.1, 0.15) is 22.7 Å². The van der Waals surface area contributed by atoms with Crippen molar-refractivity contribution in [3.63, 3.8) is 0 Å². The number of hydrogen-bond donors (Lipinski definition) is 0. The number of benzene rings is 10. The molecular weight excluding hydrogens is 731 g/mol. The molecule has 1 aromatic heterocycles. The standard InChI is InChI=1S/C57H35NO2/c1-2-14-39(15-3-1)58(41-28-31-46-45-17-6-7-19-48(45)57(51(46)35-41)49-20-8-10-22-53(49)60-54-23-11-9-21-50(54)57)40-29-32-52-47(34-40)56-44(18-12-24-55(56)59-52)38-27-30-43-37(33-38)26-25-36-13-4-5-16-42(36)43/h1-35H. The van der Waals surface area contributed by atoms with E-state index in [-0.39, 0.29) is 0 Å². The molecular formula is C57H35NO2. The minimum atomic E-state index is -0.568. The molecule has 0 saturated heterocycles. The number of nitrogens with zero attached hydrogens (tertiary/aromatic N) is 1. The molecule has 2 heterocycles. The number of ether oxygens (including phenoxy) is 1. The first kappa shape index (κ1) is 33.1. The number of rotatable bonds is 4. The van der Waals surface area contributed by atoms with Crippen molar-refractivity contribution >= 4 is 60.5 Å². The summed E-state index contributed by atoms with van der Waals surface area (Å²) in [7, 11) is 0. The summed E-state index contributed by atoms with van der Waals surface area (Å²) in [6, 6.07) is 76.7. The summed E-state index contributed by atoms with van der Waals surface area (Å²) in [4.78, 5) is 2.39. The van der Waals surface area contributed by atoms with E-state index < -0.39 is 5.41 Å². The van der Waals surface area contributed by atoms with Gasteiger partial charge < -0.3 is 14.1 Å². The first-order chi connectivity index (χ1) is 29.7. The zero-order valence-electron chi connectivity index (χ0n) is 32.5. The van der Waals surface area contributed by atoms with E-state index >= 15 is 0 Å². The number of para-hydroxylation sites is 3. The van der Waals surface area contributed by atoms with Gasteiger partial charge in [-0.2, -0.15) is 0 Å². The summed E-state index contributed by atoms with van der Waals surface area (Å²) in [5, 5.41) is 7.19. The monoisotopic (exact) mass is 765 g/mol. The molecule has 0 fully saturated rings. The molecule has 13 rings (SSSR count). The minimum absolute atomic E-state index is 0.568. The van der Waals surface area contributed by atoms with Gasteiger partial charge in [0, 0.05) is 39.0 Å². The third kappa shape index (κ3) is 4.60. The van der Waals surface area contributed by atoms with Crippen molar-refractivity contribution in [3.05, 3.63) is 235 Å². The smallest absolute Gasteiger partial charge is 0.136 e. The SMILES string of the molecule is c1ccc(N(c2ccc3c(c2)C2(c4ccccc4Oc4ccccc42)c2ccccc2-3)c2ccc3oc4cccc(-c5ccc6c(ccc7ccccc76)c5)c4c3c2)cc1. The fourth-order valence-corrected chi connectivity index (χ4v) is 10.4. The molecule has 0 radical (unpaired) electrons. The van der Waals surface area contributed by atoms with Crippen molar-refractivity contribution in [2.24, 2.45) is 0 Å². The lowest BCUT2D eigenvalue weighted by Crippen LogP contribution is -2.32. The van der Waals surface area contributed by atoms with Crippen LogP contribution < -0.4 is 9.64 Å². The molecule has 0 amide bonds. The zero-order chi connectivity index (χ0) is 39.4. The fraction of sp³-hybridized carbons (Fsp3) is 0.0175. The highest BCUT2D eigenvalue weighted by Crippen LogP contribution is 2.62. The van der Waals surface area contributed by atoms with Gasteiger partial charge >= 0.3 is 0 Å². The van der Waals surface area contributed by atoms with Crippen LogP contribution in [0.15, 0.2) is 217 Å². The van der Waals surface area contributed by atoms with E-state index in [0.29, 0.717) is 0 Å². The average Bonchev–Trinajstić information content (AvgIpc) is 3.83. The maximum absolute atomic E-state index is 6.64. The summed E-state index contributed by atoms with van der Waals surface area (Å²) in [6.45, 7) is 0. The van der Waals surface area contributed by atoms with E-state index in [9.17, 15) is 0 Å². The van der Waals surface area contributed by atoms with Crippen molar-refractivity contribution in [1.29, 1.82) is 0 Å². The summed E-state index contributed by atoms with van der Waals surface area (Å²) in [6.07, 6.45) is 0. The number of hydrogen-bond acceptors (Lipinski definition) is 3. The molecule has 60 heavy (non-hydrogen) atoms. The molecule has 0 N–H and O–H groups in total. The van der Waals surface area contributed by atoms with E-state index in [1.807, 2.05) is 0 Å². The Morgan fingerprint density at radius 2 is 1.00 bits per heavy atom. The average molecular weight is 766 g/mol. The normalized spacial score (nSPS) is 13.3. The highest BCUT2D eigenvalue weighted by Gasteiger charge is 2.51. The molecule has 1 aliphatic carbocycles. The lowest BCUT2D eigenvalue weighted by Gasteiger charge is -2.39. The summed E-state index contributed by atoms with van der Waals surface area (Å²) < 4.78 is 13.3. The fourth-order valence-electron chi connectivity index (χ4n) is 10.4. The highest BCUT2D eigenvalue weighted by molar-refractivity contribution is 6.15. The quantitative estimate of drug-likeness (QED) is 0.167. The van der Waals surface area contributed by atoms with Crippen molar-refractivity contribution in [1.82, 2.24) is 0 Å². The van der Waals surface area contributed by atoms with Gasteiger partial charge in [-0.05, 0) is 122 Å². The molecule has 0 bridgehead atoms. The van der Waals surface area contributed by atoms with Crippen LogP contribution in [-0.2, 0) is 5.41 Å². The largest absolute Gasteiger partial charge is 0.457 e. The second-order valence-electron chi connectivity index (χ2n) is 16.0. The molecule has 1 aliphatic heterocycles. The Morgan fingerprint density at radius 1 is 0.350 bits per heavy atom. The van der Waals surface area contributed by atoms with Gasteiger partial charge in [-0.15, -0.1) is 0 Å². The summed E-state index contributed by atoms with van der Waals surface area (Å²) in [5.74, 6) is 1.77. The predicted molar refractivity (Wildman–Crippen MR) is 246 cm³/mol. The molecule has 11 aromatic rings. The second kappa shape index (κ2) is 12.6. The van der Waals surface area contributed by atoms with E-state index in [0.717, 1.165) is 72.8 Å². The van der Waals surface area contributed by atoms with Gasteiger partial charge in [0.25, 0.3) is 0 Å². The Bertz CT molecular complexity index is 3500. The Balaban J connectivity index is 1.03. The van der Waals surface area contributed by atoms with Crippen LogP contribution in [0.4, 0.5) is 17.1 Å². The van der Waals surface area contributed by atoms with Gasteiger partial charge in [0.05, 0.1) is 5.41 Å². The van der Waals surface area contributed by atoms with Gasteiger partial charge in [-0.3, -0.25) is 0 Å². The van der Waals surface area contributed by atoms with Crippen LogP contribution in [0.2, 0.25) is 0 Å². The van der Waals surface area contributed by atoms with E-state index in [1.54, 1.807) is 0 Å². The summed E-state index contributed by atoms with van der Waals surface area (Å²) >= 11 is 0. The molecule has 0 saturated carbocycles. The van der Waals surface area contributed by atoms with Crippen molar-refractivity contribution in [2.75, 3.05) is 4.90 Å². The maximum atomic E-state index is 6.64. The molecule has 3 nitrogen and oxygen atoms in total. The Labute approximate surface area is 347 Å². The van der Waals surface area contributed by atoms with Gasteiger partial charge in [0.2, 0.25) is 0 Å². The first-order valence-corrected chi connectivity index (χ1v) is 20.6. The minimum Gasteiger partial charge on any atom is -0.457 e. The molecule has 280 valence electrons. The Kier molecular flexibility index (Phi) is 6.93. The van der Waals surface area contributed by atoms with Gasteiger partial charge in [0.15, 0.2) is 0 Å². The predicted octanol–water partition coefficient (Wildman–Crippen LogP) is 15.5. The summed E-state index contributed by atoms with van der Waals surface area (Å²) in [5.41, 5.74) is 14.0. The molecule has 0 atom stereocenters. The van der Waals surface area contributed by atoms with E-state index in [1.165, 1.54) is 43.8 Å². The number of anilines is 3. The Hall–Kier alpha value is -7.88. The van der Waals surface area contributed by atoms with Crippen LogP contribution in [0, 0.1) is 0 Å². The lowest BCUT2D eigenvalue weighted by atomic mass is 9.66. The topological polar surface area (TPSA) is 25.6 Å². The van der Waals surface area contributed by atoms with Crippen molar-refractivity contribution in [3.8, 4) is 33.8 Å². The van der Waals surface area contributed by atoms with Crippen LogP contribution in [-0.4, -0.2) is 0 Å². The van der Waals surface area contributed by atoms with E-state index in [2.05, 4.69) is 217 Å². The molecule has 10 aromatic carbocycles. The molecule has 3 heteroatoms. The number of fused-ring (bicyclic) bond motifs is 15. The third-order valence-electron chi connectivity index (χ3n) is 12.9. The first-order valence-electron chi connectivity index (χ1n) is 20.6. The van der Waals surface area contributed by atoms with Gasteiger partial charge in [-0.25, -0.2) is 0 Å². The van der Waals surface area contributed by atoms with Crippen LogP contribution in [0.25, 0.3) is 65.7 Å². The zero-order valence-corrected chi connectivity index (χ0v) is 32.5. The van der Waals surface area contributed by atoms with Crippen LogP contribution in [0.5, 0.6) is 11.5 Å². The number of furan rings is 1. The molecule has 2 aliphatic rings. The third-order valence-corrected chi connectivity index (χ3v) is 12.9. The molecule has 1 spiro atoms. The maximum Gasteiger partial charge on any atom is 0.136 e. The van der Waals surface area contributed by atoms with Gasteiger partial charge in [-0.1, -0.05) is 146 Å². The second-order valence-corrected chi connectivity index (χ2v) is 16.0. The van der Waals surface area contributed by atoms with Crippen molar-refractivity contribution in [2.45, 2.75) is 5.41 Å². The van der Waals surface area contributed by atoms with Crippen LogP contribution in [0.1, 0.15) is 22.3 Å². The highest BCUT2D eigenvalue weighted by atomic mass is 16.5. The van der Waals surface area contributed by atoms with Crippen LogP contribution in [0.3, 0.4) is 0 Å². The van der Waals surface area contributed by atoms with E-state index in [4.69, 9.17) is 9.15 Å².